The van der Waals surface area contributed by atoms with Crippen molar-refractivity contribution in [3.63, 3.8) is 0 Å². The Morgan fingerprint density at radius 2 is 1.86 bits per heavy atom. The van der Waals surface area contributed by atoms with Crippen LogP contribution in [0.4, 0.5) is 0 Å². The monoisotopic (exact) mass is 379 g/mol. The number of carbonyl (C=O) groups excluding carboxylic acids is 1. The van der Waals surface area contributed by atoms with Crippen LogP contribution in [0.5, 0.6) is 11.5 Å². The summed E-state index contributed by atoms with van der Waals surface area (Å²) in [7, 11) is 1.80. The molecule has 7 nitrogen and oxygen atoms in total. The number of hydrogen-bond acceptors (Lipinski definition) is 6. The van der Waals surface area contributed by atoms with Crippen molar-refractivity contribution in [3.8, 4) is 22.9 Å². The van der Waals surface area contributed by atoms with Gasteiger partial charge in [0.1, 0.15) is 13.2 Å². The van der Waals surface area contributed by atoms with Gasteiger partial charge >= 0.3 is 0 Å². The number of amides is 1. The van der Waals surface area contributed by atoms with Gasteiger partial charge in [-0.25, -0.2) is 0 Å². The van der Waals surface area contributed by atoms with Crippen LogP contribution in [0.15, 0.2) is 53.1 Å². The van der Waals surface area contributed by atoms with Crippen molar-refractivity contribution in [2.24, 2.45) is 0 Å². The van der Waals surface area contributed by atoms with Crippen molar-refractivity contribution in [2.45, 2.75) is 19.4 Å². The van der Waals surface area contributed by atoms with E-state index in [0.717, 1.165) is 11.1 Å². The van der Waals surface area contributed by atoms with E-state index in [1.807, 2.05) is 48.5 Å². The van der Waals surface area contributed by atoms with E-state index in [-0.39, 0.29) is 5.91 Å². The van der Waals surface area contributed by atoms with Gasteiger partial charge in [-0.15, -0.1) is 0 Å². The molecule has 0 N–H and O–H groups in total. The number of rotatable bonds is 6. The highest BCUT2D eigenvalue weighted by molar-refractivity contribution is 5.76. The summed E-state index contributed by atoms with van der Waals surface area (Å²) in [5.41, 5.74) is 1.88. The molecule has 0 aliphatic carbocycles. The molecule has 0 spiro atoms. The van der Waals surface area contributed by atoms with Gasteiger partial charge in [0.05, 0.1) is 0 Å². The highest BCUT2D eigenvalue weighted by atomic mass is 16.6. The normalized spacial score (nSPS) is 12.6. The topological polar surface area (TPSA) is 77.7 Å². The third-order valence-electron chi connectivity index (χ3n) is 4.51. The van der Waals surface area contributed by atoms with Crippen LogP contribution in [0.1, 0.15) is 17.9 Å². The molecule has 7 heteroatoms. The zero-order valence-electron chi connectivity index (χ0n) is 15.6. The van der Waals surface area contributed by atoms with Gasteiger partial charge in [-0.3, -0.25) is 4.79 Å². The lowest BCUT2D eigenvalue weighted by atomic mass is 10.2. The number of ether oxygens (including phenoxy) is 2. The van der Waals surface area contributed by atoms with Gasteiger partial charge in [0.15, 0.2) is 11.5 Å². The van der Waals surface area contributed by atoms with Gasteiger partial charge in [0.2, 0.25) is 17.6 Å². The summed E-state index contributed by atoms with van der Waals surface area (Å²) in [6.07, 6.45) is 0.710. The van der Waals surface area contributed by atoms with Crippen LogP contribution in [0.3, 0.4) is 0 Å². The van der Waals surface area contributed by atoms with E-state index in [1.54, 1.807) is 11.9 Å². The summed E-state index contributed by atoms with van der Waals surface area (Å²) in [6, 6.07) is 15.4. The highest BCUT2D eigenvalue weighted by Crippen LogP contribution is 2.33. The van der Waals surface area contributed by atoms with Crippen molar-refractivity contribution in [2.75, 3.05) is 20.3 Å². The predicted molar refractivity (Wildman–Crippen MR) is 102 cm³/mol. The number of fused-ring (bicyclic) bond motifs is 1. The van der Waals surface area contributed by atoms with Crippen molar-refractivity contribution >= 4 is 5.91 Å². The Morgan fingerprint density at radius 1 is 1.07 bits per heavy atom. The zero-order chi connectivity index (χ0) is 19.3. The molecule has 1 amide bonds. The Hall–Kier alpha value is -3.35. The van der Waals surface area contributed by atoms with E-state index in [0.29, 0.717) is 55.8 Å². The number of hydrogen-bond donors (Lipinski definition) is 0. The van der Waals surface area contributed by atoms with Crippen molar-refractivity contribution in [1.82, 2.24) is 15.0 Å². The predicted octanol–water partition coefficient (Wildman–Crippen LogP) is 3.10. The lowest BCUT2D eigenvalue weighted by molar-refractivity contribution is -0.130. The molecular formula is C21H21N3O4. The van der Waals surface area contributed by atoms with Crippen molar-refractivity contribution in [3.05, 3.63) is 60.0 Å². The smallest absolute Gasteiger partial charge is 0.227 e. The largest absolute Gasteiger partial charge is 0.486 e. The fourth-order valence-corrected chi connectivity index (χ4v) is 3.01. The molecule has 2 heterocycles. The summed E-state index contributed by atoms with van der Waals surface area (Å²) in [5.74, 6) is 2.32. The van der Waals surface area contributed by atoms with Crippen molar-refractivity contribution in [1.29, 1.82) is 0 Å². The van der Waals surface area contributed by atoms with E-state index in [9.17, 15) is 4.79 Å². The number of carbonyl (C=O) groups is 1. The first-order valence-corrected chi connectivity index (χ1v) is 9.19. The third kappa shape index (κ3) is 4.14. The summed E-state index contributed by atoms with van der Waals surface area (Å²) in [6.45, 7) is 1.64. The first-order valence-electron chi connectivity index (χ1n) is 9.19. The SMILES string of the molecule is CN(Cc1ccccc1)C(=O)CCc1nc(-c2ccc3c(c2)OCCO3)no1. The van der Waals surface area contributed by atoms with Gasteiger partial charge in [0, 0.05) is 32.0 Å². The van der Waals surface area contributed by atoms with Gasteiger partial charge in [-0.2, -0.15) is 4.98 Å². The van der Waals surface area contributed by atoms with Gasteiger partial charge < -0.3 is 18.9 Å². The Balaban J connectivity index is 1.35. The van der Waals surface area contributed by atoms with E-state index >= 15 is 0 Å². The maximum atomic E-state index is 12.4. The standard InChI is InChI=1S/C21H21N3O4/c1-24(14-15-5-3-2-4-6-15)20(25)10-9-19-22-21(23-28-19)16-7-8-17-18(13-16)27-12-11-26-17/h2-8,13H,9-12,14H2,1H3. The van der Waals surface area contributed by atoms with Crippen LogP contribution in [-0.2, 0) is 17.8 Å². The summed E-state index contributed by atoms with van der Waals surface area (Å²) in [5, 5.41) is 4.02. The summed E-state index contributed by atoms with van der Waals surface area (Å²) in [4.78, 5) is 18.5. The highest BCUT2D eigenvalue weighted by Gasteiger charge is 2.16. The molecule has 1 aromatic heterocycles. The molecule has 0 atom stereocenters. The van der Waals surface area contributed by atoms with Gasteiger partial charge in [-0.05, 0) is 23.8 Å². The van der Waals surface area contributed by atoms with Crippen LogP contribution < -0.4 is 9.47 Å². The van der Waals surface area contributed by atoms with E-state index in [1.165, 1.54) is 0 Å². The minimum atomic E-state index is 0.0305. The lowest BCUT2D eigenvalue weighted by Gasteiger charge is -2.18. The van der Waals surface area contributed by atoms with Crippen LogP contribution in [0.25, 0.3) is 11.4 Å². The fourth-order valence-electron chi connectivity index (χ4n) is 3.01. The van der Waals surface area contributed by atoms with Crippen LogP contribution >= 0.6 is 0 Å². The minimum absolute atomic E-state index is 0.0305. The molecule has 3 aromatic rings. The number of benzene rings is 2. The molecule has 0 bridgehead atoms. The average molecular weight is 379 g/mol. The van der Waals surface area contributed by atoms with Crippen LogP contribution in [0.2, 0.25) is 0 Å². The Kier molecular flexibility index (Phi) is 5.23. The van der Waals surface area contributed by atoms with Gasteiger partial charge in [0.25, 0.3) is 0 Å². The molecular weight excluding hydrogens is 358 g/mol. The molecule has 0 radical (unpaired) electrons. The molecule has 28 heavy (non-hydrogen) atoms. The molecule has 4 rings (SSSR count). The quantitative estimate of drug-likeness (QED) is 0.655. The second-order valence-corrected chi connectivity index (χ2v) is 6.61. The average Bonchev–Trinajstić information content (AvgIpc) is 3.21. The summed E-state index contributed by atoms with van der Waals surface area (Å²) < 4.78 is 16.4. The molecule has 2 aromatic carbocycles. The Labute approximate surface area is 162 Å². The van der Waals surface area contributed by atoms with Gasteiger partial charge in [-0.1, -0.05) is 35.5 Å². The molecule has 1 aliphatic rings. The van der Waals surface area contributed by atoms with Crippen molar-refractivity contribution < 1.29 is 18.8 Å². The zero-order valence-corrected chi connectivity index (χ0v) is 15.6. The number of nitrogens with zero attached hydrogens (tertiary/aromatic N) is 3. The first kappa shape index (κ1) is 18.0. The maximum absolute atomic E-state index is 12.4. The first-order chi connectivity index (χ1) is 13.7. The molecule has 0 saturated heterocycles. The second-order valence-electron chi connectivity index (χ2n) is 6.61. The molecule has 144 valence electrons. The molecule has 0 fully saturated rings. The fraction of sp³-hybridized carbons (Fsp3) is 0.286. The van der Waals surface area contributed by atoms with E-state index in [2.05, 4.69) is 10.1 Å². The van der Waals surface area contributed by atoms with Crippen LogP contribution in [0, 0.1) is 0 Å². The van der Waals surface area contributed by atoms with E-state index < -0.39 is 0 Å². The van der Waals surface area contributed by atoms with Crippen LogP contribution in [-0.4, -0.2) is 41.2 Å². The lowest BCUT2D eigenvalue weighted by Crippen LogP contribution is -2.26. The number of aryl methyl sites for hydroxylation is 1. The number of aromatic nitrogens is 2. The Bertz CT molecular complexity index is 955. The van der Waals surface area contributed by atoms with E-state index in [4.69, 9.17) is 14.0 Å². The Morgan fingerprint density at radius 3 is 2.68 bits per heavy atom. The molecule has 0 saturated carbocycles. The minimum Gasteiger partial charge on any atom is -0.486 e. The third-order valence-corrected chi connectivity index (χ3v) is 4.51. The summed E-state index contributed by atoms with van der Waals surface area (Å²) >= 11 is 0. The molecule has 0 unspecified atom stereocenters. The second kappa shape index (κ2) is 8.12. The molecule has 1 aliphatic heterocycles. The maximum Gasteiger partial charge on any atom is 0.227 e.